The molecule has 18 heavy (non-hydrogen) atoms. The van der Waals surface area contributed by atoms with Crippen molar-refractivity contribution in [1.82, 2.24) is 5.32 Å². The molecule has 0 amide bonds. The van der Waals surface area contributed by atoms with Gasteiger partial charge in [-0.15, -0.1) is 0 Å². The summed E-state index contributed by atoms with van der Waals surface area (Å²) in [5.41, 5.74) is 6.64. The molecule has 0 aliphatic rings. The molecule has 0 unspecified atom stereocenters. The average Bonchev–Trinajstić information content (AvgIpc) is 2.42. The summed E-state index contributed by atoms with van der Waals surface area (Å²) in [7, 11) is 3.35. The summed E-state index contributed by atoms with van der Waals surface area (Å²) in [6.45, 7) is 2.75. The van der Waals surface area contributed by atoms with Crippen LogP contribution in [0.1, 0.15) is 18.4 Å². The van der Waals surface area contributed by atoms with Crippen molar-refractivity contribution in [2.24, 2.45) is 5.73 Å². The van der Waals surface area contributed by atoms with E-state index >= 15 is 0 Å². The fourth-order valence-corrected chi connectivity index (χ4v) is 1.80. The molecule has 1 aromatic carbocycles. The number of ether oxygens (including phenoxy) is 2. The van der Waals surface area contributed by atoms with Crippen molar-refractivity contribution in [3.63, 3.8) is 0 Å². The van der Waals surface area contributed by atoms with Crippen LogP contribution < -0.4 is 20.5 Å². The zero-order valence-corrected chi connectivity index (χ0v) is 11.4. The number of hydrogen-bond donors (Lipinski definition) is 2. The first-order chi connectivity index (χ1) is 8.81. The van der Waals surface area contributed by atoms with Crippen molar-refractivity contribution in [3.8, 4) is 11.5 Å². The number of methoxy groups -OCH3 is 2. The van der Waals surface area contributed by atoms with Gasteiger partial charge in [0.15, 0.2) is 0 Å². The van der Waals surface area contributed by atoms with Crippen LogP contribution in [0.15, 0.2) is 18.2 Å². The summed E-state index contributed by atoms with van der Waals surface area (Å²) in [5, 5.41) is 3.41. The summed E-state index contributed by atoms with van der Waals surface area (Å²) in [4.78, 5) is 0. The minimum atomic E-state index is 0.772. The fraction of sp³-hybridized carbons (Fsp3) is 0.571. The second-order valence-electron chi connectivity index (χ2n) is 4.17. The van der Waals surface area contributed by atoms with Crippen LogP contribution in [0, 0.1) is 0 Å². The standard InChI is InChI=1S/C14H24N2O2/c1-17-13-6-5-12(14(11-13)18-2)7-10-16-9-4-3-8-15/h5-6,11,16H,3-4,7-10,15H2,1-2H3. The van der Waals surface area contributed by atoms with Gasteiger partial charge in [-0.25, -0.2) is 0 Å². The molecule has 3 N–H and O–H groups in total. The number of nitrogens with two attached hydrogens (primary N) is 1. The molecule has 102 valence electrons. The van der Waals surface area contributed by atoms with Gasteiger partial charge in [-0.3, -0.25) is 0 Å². The van der Waals surface area contributed by atoms with Gasteiger partial charge < -0.3 is 20.5 Å². The minimum absolute atomic E-state index is 0.772. The van der Waals surface area contributed by atoms with E-state index in [0.29, 0.717) is 0 Å². The molecule has 0 bridgehead atoms. The van der Waals surface area contributed by atoms with Gasteiger partial charge in [0, 0.05) is 6.07 Å². The van der Waals surface area contributed by atoms with Gasteiger partial charge in [-0.2, -0.15) is 0 Å². The normalized spacial score (nSPS) is 10.4. The van der Waals surface area contributed by atoms with Crippen LogP contribution in [-0.4, -0.2) is 33.9 Å². The highest BCUT2D eigenvalue weighted by Gasteiger charge is 2.04. The number of benzene rings is 1. The van der Waals surface area contributed by atoms with Crippen LogP contribution in [0.5, 0.6) is 11.5 Å². The molecule has 1 aromatic rings. The van der Waals surface area contributed by atoms with Gasteiger partial charge in [0.2, 0.25) is 0 Å². The van der Waals surface area contributed by atoms with Crippen molar-refractivity contribution < 1.29 is 9.47 Å². The van der Waals surface area contributed by atoms with Crippen LogP contribution in [0.4, 0.5) is 0 Å². The molecule has 0 radical (unpaired) electrons. The molecule has 0 aliphatic heterocycles. The average molecular weight is 252 g/mol. The molecule has 0 fully saturated rings. The number of nitrogens with one attached hydrogen (secondary N) is 1. The fourth-order valence-electron chi connectivity index (χ4n) is 1.80. The van der Waals surface area contributed by atoms with Gasteiger partial charge in [0.1, 0.15) is 11.5 Å². The Balaban J connectivity index is 2.37. The Labute approximate surface area is 109 Å². The Morgan fingerprint density at radius 2 is 1.94 bits per heavy atom. The molecule has 0 saturated heterocycles. The lowest BCUT2D eigenvalue weighted by molar-refractivity contribution is 0.390. The quantitative estimate of drug-likeness (QED) is 0.655. The molecule has 0 saturated carbocycles. The van der Waals surface area contributed by atoms with Crippen LogP contribution >= 0.6 is 0 Å². The van der Waals surface area contributed by atoms with Crippen molar-refractivity contribution in [2.45, 2.75) is 19.3 Å². The van der Waals surface area contributed by atoms with E-state index in [4.69, 9.17) is 15.2 Å². The summed E-state index contributed by atoms with van der Waals surface area (Å²) in [5.74, 6) is 1.71. The van der Waals surface area contributed by atoms with Gasteiger partial charge in [0.05, 0.1) is 14.2 Å². The first-order valence-corrected chi connectivity index (χ1v) is 6.43. The lowest BCUT2D eigenvalue weighted by Crippen LogP contribution is -2.19. The zero-order chi connectivity index (χ0) is 13.2. The molecule has 0 atom stereocenters. The third-order valence-electron chi connectivity index (χ3n) is 2.87. The Kier molecular flexibility index (Phi) is 7.22. The SMILES string of the molecule is COc1ccc(CCNCCCCN)c(OC)c1. The molecule has 0 aliphatic carbocycles. The molecule has 4 nitrogen and oxygen atoms in total. The molecule has 1 rings (SSSR count). The van der Waals surface area contributed by atoms with Crippen molar-refractivity contribution in [3.05, 3.63) is 23.8 Å². The minimum Gasteiger partial charge on any atom is -0.497 e. The van der Waals surface area contributed by atoms with E-state index in [-0.39, 0.29) is 0 Å². The number of unbranched alkanes of at least 4 members (excludes halogenated alkanes) is 1. The van der Waals surface area contributed by atoms with E-state index < -0.39 is 0 Å². The molecular weight excluding hydrogens is 228 g/mol. The van der Waals surface area contributed by atoms with E-state index in [9.17, 15) is 0 Å². The maximum Gasteiger partial charge on any atom is 0.125 e. The zero-order valence-electron chi connectivity index (χ0n) is 11.4. The number of rotatable bonds is 9. The van der Waals surface area contributed by atoms with E-state index in [1.54, 1.807) is 14.2 Å². The highest BCUT2D eigenvalue weighted by atomic mass is 16.5. The highest BCUT2D eigenvalue weighted by Crippen LogP contribution is 2.24. The van der Waals surface area contributed by atoms with E-state index in [1.165, 1.54) is 5.56 Å². The van der Waals surface area contributed by atoms with Crippen molar-refractivity contribution in [2.75, 3.05) is 33.9 Å². The van der Waals surface area contributed by atoms with Crippen LogP contribution in [0.2, 0.25) is 0 Å². The molecule has 0 spiro atoms. The first kappa shape index (κ1) is 14.8. The number of hydrogen-bond acceptors (Lipinski definition) is 4. The Morgan fingerprint density at radius 3 is 2.61 bits per heavy atom. The summed E-state index contributed by atoms with van der Waals surface area (Å²) in [6.07, 6.45) is 3.17. The monoisotopic (exact) mass is 252 g/mol. The van der Waals surface area contributed by atoms with Crippen molar-refractivity contribution in [1.29, 1.82) is 0 Å². The highest BCUT2D eigenvalue weighted by molar-refractivity contribution is 5.40. The van der Waals surface area contributed by atoms with Gasteiger partial charge in [-0.05, 0) is 50.5 Å². The lowest BCUT2D eigenvalue weighted by Gasteiger charge is -2.10. The maximum absolute atomic E-state index is 5.44. The van der Waals surface area contributed by atoms with E-state index in [2.05, 4.69) is 11.4 Å². The van der Waals surface area contributed by atoms with Crippen molar-refractivity contribution >= 4 is 0 Å². The molecule has 0 heterocycles. The lowest BCUT2D eigenvalue weighted by atomic mass is 10.1. The molecular formula is C14H24N2O2. The van der Waals surface area contributed by atoms with Crippen LogP contribution in [0.25, 0.3) is 0 Å². The Morgan fingerprint density at radius 1 is 1.11 bits per heavy atom. The first-order valence-electron chi connectivity index (χ1n) is 6.43. The second kappa shape index (κ2) is 8.78. The van der Waals surface area contributed by atoms with Crippen LogP contribution in [-0.2, 0) is 6.42 Å². The van der Waals surface area contributed by atoms with Crippen LogP contribution in [0.3, 0.4) is 0 Å². The van der Waals surface area contributed by atoms with Gasteiger partial charge >= 0.3 is 0 Å². The largest absolute Gasteiger partial charge is 0.497 e. The van der Waals surface area contributed by atoms with Gasteiger partial charge in [-0.1, -0.05) is 6.07 Å². The smallest absolute Gasteiger partial charge is 0.125 e. The van der Waals surface area contributed by atoms with E-state index in [1.807, 2.05) is 12.1 Å². The predicted molar refractivity (Wildman–Crippen MR) is 74.4 cm³/mol. The summed E-state index contributed by atoms with van der Waals surface area (Å²) >= 11 is 0. The van der Waals surface area contributed by atoms with Gasteiger partial charge in [0.25, 0.3) is 0 Å². The van der Waals surface area contributed by atoms with E-state index in [0.717, 1.165) is 50.4 Å². The predicted octanol–water partition coefficient (Wildman–Crippen LogP) is 1.57. The third kappa shape index (κ3) is 4.94. The molecule has 4 heteroatoms. The maximum atomic E-state index is 5.44. The summed E-state index contributed by atoms with van der Waals surface area (Å²) < 4.78 is 10.5. The Bertz CT molecular complexity index is 343. The second-order valence-corrected chi connectivity index (χ2v) is 4.17. The summed E-state index contributed by atoms with van der Waals surface area (Å²) in [6, 6.07) is 5.94. The third-order valence-corrected chi connectivity index (χ3v) is 2.87. The molecule has 0 aromatic heterocycles. The topological polar surface area (TPSA) is 56.5 Å². The Hall–Kier alpha value is -1.26.